The topological polar surface area (TPSA) is 88.6 Å². The van der Waals surface area contributed by atoms with Gasteiger partial charge in [0.1, 0.15) is 0 Å². The third-order valence-electron chi connectivity index (χ3n) is 5.65. The second-order valence-electron chi connectivity index (χ2n) is 9.90. The number of hydrogen-bond donors (Lipinski definition) is 1. The van der Waals surface area contributed by atoms with Crippen molar-refractivity contribution in [2.75, 3.05) is 20.1 Å². The number of aldehydes is 1. The Labute approximate surface area is 209 Å². The second kappa shape index (κ2) is 13.0. The number of nitrogens with one attached hydrogen (secondary N) is 1. The molecule has 3 aromatic rings. The van der Waals surface area contributed by atoms with Crippen LogP contribution in [-0.4, -0.2) is 51.1 Å². The molecule has 0 aromatic carbocycles. The highest BCUT2D eigenvalue weighted by Crippen LogP contribution is 2.19. The highest BCUT2D eigenvalue weighted by Gasteiger charge is 2.20. The van der Waals surface area contributed by atoms with E-state index in [1.165, 1.54) is 34.5 Å². The number of rotatable bonds is 4. The van der Waals surface area contributed by atoms with Crippen molar-refractivity contribution in [3.05, 3.63) is 71.0 Å². The molecule has 0 saturated carbocycles. The van der Waals surface area contributed by atoms with Crippen molar-refractivity contribution in [1.29, 1.82) is 0 Å². The van der Waals surface area contributed by atoms with E-state index >= 15 is 0 Å². The number of likely N-dealkylation sites (N-methyl/N-ethyl adjacent to an activating group) is 1. The van der Waals surface area contributed by atoms with Crippen molar-refractivity contribution in [2.24, 2.45) is 0 Å². The van der Waals surface area contributed by atoms with Crippen molar-refractivity contribution < 1.29 is 9.21 Å². The Bertz CT molecular complexity index is 1150. The lowest BCUT2D eigenvalue weighted by molar-refractivity contribution is 0.109. The van der Waals surface area contributed by atoms with Crippen LogP contribution in [0.4, 0.5) is 0 Å². The third-order valence-corrected chi connectivity index (χ3v) is 5.65. The number of aryl methyl sites for hydroxylation is 1. The van der Waals surface area contributed by atoms with Crippen LogP contribution in [0.25, 0.3) is 5.52 Å². The zero-order valence-electron chi connectivity index (χ0n) is 22.4. The van der Waals surface area contributed by atoms with Crippen LogP contribution in [0.1, 0.15) is 76.5 Å². The molecule has 0 bridgehead atoms. The Hall–Kier alpha value is -3.26. The normalized spacial score (nSPS) is 14.7. The average molecular weight is 481 g/mol. The van der Waals surface area contributed by atoms with Gasteiger partial charge in [0.15, 0.2) is 0 Å². The largest absolute Gasteiger partial charge is 0.418 e. The molecular formula is C27H40N6O2. The van der Waals surface area contributed by atoms with E-state index in [0.29, 0.717) is 12.2 Å². The highest BCUT2D eigenvalue weighted by molar-refractivity contribution is 5.66. The predicted octanol–water partition coefficient (Wildman–Crippen LogP) is 5.32. The summed E-state index contributed by atoms with van der Waals surface area (Å²) in [5.74, 6) is 0.523. The molecule has 1 aliphatic heterocycles. The van der Waals surface area contributed by atoms with Crippen LogP contribution >= 0.6 is 0 Å². The molecule has 1 aliphatic rings. The summed E-state index contributed by atoms with van der Waals surface area (Å²) in [6.07, 6.45) is 8.71. The van der Waals surface area contributed by atoms with E-state index in [0.717, 1.165) is 19.4 Å². The van der Waals surface area contributed by atoms with Crippen molar-refractivity contribution in [1.82, 2.24) is 30.0 Å². The summed E-state index contributed by atoms with van der Waals surface area (Å²) in [6, 6.07) is 6.08. The molecule has 0 spiro atoms. The van der Waals surface area contributed by atoms with Gasteiger partial charge >= 0.3 is 0 Å². The molecule has 1 N–H and O–H groups in total. The number of pyridine rings is 1. The standard InChI is InChI=1S/C12H22N2.C8H8N2.C7H10N2O2/c1-5-10(2)8-13-12-6-7-14(4)9-11(12)3;1-7-3-2-6-10-8(7)4-5-9-10;1-7(2,3)6-9-8-5(4-10)11-6/h8,13H,5-7,9H2,1-4H3;2-6H,1H3;4H,1-3H3. The molecule has 0 atom stereocenters. The van der Waals surface area contributed by atoms with Crippen LogP contribution in [-0.2, 0) is 5.41 Å². The lowest BCUT2D eigenvalue weighted by Gasteiger charge is -2.26. The SMILES string of the molecule is CC(C)(C)c1nnc(C=O)o1.CCC(C)=CNC1=C(C)CN(C)CC1.Cc1cccn2nccc12. The molecule has 0 saturated heterocycles. The lowest BCUT2D eigenvalue weighted by atomic mass is 9.97. The van der Waals surface area contributed by atoms with Gasteiger partial charge in [-0.1, -0.05) is 39.3 Å². The third kappa shape index (κ3) is 8.79. The summed E-state index contributed by atoms with van der Waals surface area (Å²) in [5, 5.41) is 14.8. The average Bonchev–Trinajstić information content (AvgIpc) is 3.49. The van der Waals surface area contributed by atoms with Crippen LogP contribution in [0, 0.1) is 6.92 Å². The maximum absolute atomic E-state index is 10.2. The number of hydrogen-bond acceptors (Lipinski definition) is 7. The van der Waals surface area contributed by atoms with Gasteiger partial charge in [-0.3, -0.25) is 4.79 Å². The number of allylic oxidation sites excluding steroid dienone is 1. The summed E-state index contributed by atoms with van der Waals surface area (Å²) in [6.45, 7) is 16.7. The second-order valence-corrected chi connectivity index (χ2v) is 9.90. The molecule has 4 heterocycles. The Morgan fingerprint density at radius 3 is 2.51 bits per heavy atom. The summed E-state index contributed by atoms with van der Waals surface area (Å²) < 4.78 is 6.88. The lowest BCUT2D eigenvalue weighted by Crippen LogP contribution is -2.30. The smallest absolute Gasteiger partial charge is 0.280 e. The molecule has 8 heteroatoms. The molecule has 35 heavy (non-hydrogen) atoms. The summed E-state index contributed by atoms with van der Waals surface area (Å²) in [7, 11) is 2.17. The van der Waals surface area contributed by atoms with E-state index in [1.807, 2.05) is 49.8 Å². The Kier molecular flexibility index (Phi) is 10.4. The van der Waals surface area contributed by atoms with E-state index in [9.17, 15) is 4.79 Å². The van der Waals surface area contributed by atoms with Crippen LogP contribution < -0.4 is 5.32 Å². The molecule has 0 aliphatic carbocycles. The van der Waals surface area contributed by atoms with E-state index in [4.69, 9.17) is 4.42 Å². The van der Waals surface area contributed by atoms with Crippen LogP contribution in [0.3, 0.4) is 0 Å². The van der Waals surface area contributed by atoms with E-state index in [2.05, 4.69) is 72.5 Å². The quantitative estimate of drug-likeness (QED) is 0.505. The Balaban J connectivity index is 0.000000188. The van der Waals surface area contributed by atoms with Crippen LogP contribution in [0.2, 0.25) is 0 Å². The van der Waals surface area contributed by atoms with Gasteiger partial charge in [0.2, 0.25) is 12.2 Å². The molecule has 0 fully saturated rings. The molecular weight excluding hydrogens is 440 g/mol. The van der Waals surface area contributed by atoms with Gasteiger partial charge in [-0.2, -0.15) is 5.10 Å². The summed E-state index contributed by atoms with van der Waals surface area (Å²) >= 11 is 0. The molecule has 3 aromatic heterocycles. The van der Waals surface area contributed by atoms with Gasteiger partial charge in [0, 0.05) is 43.0 Å². The first-order valence-electron chi connectivity index (χ1n) is 12.0. The fraction of sp³-hybridized carbons (Fsp3) is 0.481. The number of fused-ring (bicyclic) bond motifs is 1. The maximum atomic E-state index is 10.2. The maximum Gasteiger partial charge on any atom is 0.280 e. The fourth-order valence-electron chi connectivity index (χ4n) is 3.29. The van der Waals surface area contributed by atoms with E-state index in [1.54, 1.807) is 0 Å². The monoisotopic (exact) mass is 480 g/mol. The van der Waals surface area contributed by atoms with Crippen molar-refractivity contribution >= 4 is 11.8 Å². The van der Waals surface area contributed by atoms with Gasteiger partial charge < -0.3 is 14.6 Å². The van der Waals surface area contributed by atoms with Gasteiger partial charge in [0.25, 0.3) is 5.89 Å². The minimum absolute atomic E-state index is 0.0370. The number of carbonyl (C=O) groups is 1. The highest BCUT2D eigenvalue weighted by atomic mass is 16.4. The first-order valence-corrected chi connectivity index (χ1v) is 12.0. The zero-order chi connectivity index (χ0) is 26.0. The number of aromatic nitrogens is 4. The first-order chi connectivity index (χ1) is 16.5. The van der Waals surface area contributed by atoms with E-state index in [-0.39, 0.29) is 11.3 Å². The number of carbonyl (C=O) groups excluding carboxylic acids is 1. The van der Waals surface area contributed by atoms with Crippen molar-refractivity contribution in [3.8, 4) is 0 Å². The van der Waals surface area contributed by atoms with Gasteiger partial charge in [-0.15, -0.1) is 10.2 Å². The summed E-state index contributed by atoms with van der Waals surface area (Å²) in [4.78, 5) is 12.5. The fourth-order valence-corrected chi connectivity index (χ4v) is 3.29. The molecule has 0 radical (unpaired) electrons. The van der Waals surface area contributed by atoms with Gasteiger partial charge in [0.05, 0.1) is 5.52 Å². The minimum Gasteiger partial charge on any atom is -0.418 e. The summed E-state index contributed by atoms with van der Waals surface area (Å²) in [5.41, 5.74) is 6.55. The molecule has 4 rings (SSSR count). The Morgan fingerprint density at radius 2 is 1.97 bits per heavy atom. The van der Waals surface area contributed by atoms with Gasteiger partial charge in [-0.25, -0.2) is 4.52 Å². The molecule has 0 amide bonds. The van der Waals surface area contributed by atoms with Crippen LogP contribution in [0.15, 0.2) is 58.1 Å². The van der Waals surface area contributed by atoms with Gasteiger partial charge in [-0.05, 0) is 63.7 Å². The number of nitrogens with zero attached hydrogens (tertiary/aromatic N) is 5. The van der Waals surface area contributed by atoms with Crippen LogP contribution in [0.5, 0.6) is 0 Å². The predicted molar refractivity (Wildman–Crippen MR) is 140 cm³/mol. The minimum atomic E-state index is -0.186. The van der Waals surface area contributed by atoms with Crippen molar-refractivity contribution in [2.45, 2.75) is 66.7 Å². The van der Waals surface area contributed by atoms with Crippen molar-refractivity contribution in [3.63, 3.8) is 0 Å². The first kappa shape index (κ1) is 28.0. The zero-order valence-corrected chi connectivity index (χ0v) is 22.4. The van der Waals surface area contributed by atoms with E-state index < -0.39 is 0 Å². The molecule has 8 nitrogen and oxygen atoms in total. The Morgan fingerprint density at radius 1 is 1.23 bits per heavy atom. The molecule has 0 unspecified atom stereocenters. The molecule has 190 valence electrons.